The maximum atomic E-state index is 13.2. The number of aromatic hydroxyl groups is 1. The van der Waals surface area contributed by atoms with E-state index in [0.717, 1.165) is 21.7 Å². The third kappa shape index (κ3) is 3.17. The zero-order chi connectivity index (χ0) is 18.0. The Morgan fingerprint density at radius 1 is 1.36 bits per heavy atom. The van der Waals surface area contributed by atoms with Crippen LogP contribution in [0.15, 0.2) is 70.6 Å². The van der Waals surface area contributed by atoms with Crippen LogP contribution in [-0.4, -0.2) is 23.4 Å². The number of nitrogens with one attached hydrogen (secondary N) is 2. The van der Waals surface area contributed by atoms with Crippen LogP contribution in [-0.2, 0) is 4.79 Å². The largest absolute Gasteiger partial charge is 0.508 e. The molecule has 1 unspecified atom stereocenters. The van der Waals surface area contributed by atoms with E-state index in [4.69, 9.17) is 0 Å². The molecule has 2 aliphatic rings. The fourth-order valence-electron chi connectivity index (χ4n) is 2.92. The summed E-state index contributed by atoms with van der Waals surface area (Å²) in [5, 5.41) is 16.0. The summed E-state index contributed by atoms with van der Waals surface area (Å²) >= 11 is 1.53. The van der Waals surface area contributed by atoms with Gasteiger partial charge in [0.15, 0.2) is 0 Å². The SMILES string of the molecule is CC=CN(C(=O)C1=C(C)C2=C(NC)C=CNC2S1)c1ccc(O)cc1. The number of likely N-dealkylation sites (N-methyl/N-ethyl adjacent to an activating group) is 1. The van der Waals surface area contributed by atoms with E-state index < -0.39 is 0 Å². The van der Waals surface area contributed by atoms with Crippen LogP contribution in [0.3, 0.4) is 0 Å². The number of nitrogens with zero attached hydrogens (tertiary/aromatic N) is 1. The first-order valence-corrected chi connectivity index (χ1v) is 8.92. The van der Waals surface area contributed by atoms with Gasteiger partial charge in [-0.2, -0.15) is 0 Å². The summed E-state index contributed by atoms with van der Waals surface area (Å²) in [5.74, 6) is 0.0952. The van der Waals surface area contributed by atoms with Gasteiger partial charge in [0, 0.05) is 30.2 Å². The molecule has 3 rings (SSSR count). The topological polar surface area (TPSA) is 64.6 Å². The van der Waals surface area contributed by atoms with E-state index in [9.17, 15) is 9.90 Å². The highest BCUT2D eigenvalue weighted by Gasteiger charge is 2.35. The third-order valence-electron chi connectivity index (χ3n) is 4.14. The molecule has 2 aliphatic heterocycles. The van der Waals surface area contributed by atoms with Crippen molar-refractivity contribution >= 4 is 23.4 Å². The monoisotopic (exact) mass is 355 g/mol. The zero-order valence-corrected chi connectivity index (χ0v) is 15.2. The van der Waals surface area contributed by atoms with Crippen molar-refractivity contribution in [1.82, 2.24) is 10.6 Å². The number of phenolic OH excluding ortho intramolecular Hbond substituents is 1. The smallest absolute Gasteiger partial charge is 0.269 e. The van der Waals surface area contributed by atoms with Crippen molar-refractivity contribution in [3.05, 3.63) is 70.6 Å². The second-order valence-corrected chi connectivity index (χ2v) is 6.82. The first-order valence-electron chi connectivity index (χ1n) is 8.04. The highest BCUT2D eigenvalue weighted by Crippen LogP contribution is 2.44. The minimum atomic E-state index is -0.0783. The van der Waals surface area contributed by atoms with Crippen molar-refractivity contribution in [2.75, 3.05) is 11.9 Å². The summed E-state index contributed by atoms with van der Waals surface area (Å²) in [4.78, 5) is 15.5. The summed E-state index contributed by atoms with van der Waals surface area (Å²) in [6.45, 7) is 3.86. The molecule has 0 spiro atoms. The first-order chi connectivity index (χ1) is 12.1. The fourth-order valence-corrected chi connectivity index (χ4v) is 4.21. The molecule has 6 heteroatoms. The molecule has 1 amide bonds. The van der Waals surface area contributed by atoms with Crippen LogP contribution in [0.25, 0.3) is 0 Å². The number of thioether (sulfide) groups is 1. The Bertz CT molecular complexity index is 806. The number of anilines is 1. The molecule has 3 N–H and O–H groups in total. The molecule has 0 aromatic heterocycles. The van der Waals surface area contributed by atoms with E-state index in [-0.39, 0.29) is 17.0 Å². The molecule has 1 aromatic carbocycles. The van der Waals surface area contributed by atoms with Crippen molar-refractivity contribution in [2.24, 2.45) is 0 Å². The predicted molar refractivity (Wildman–Crippen MR) is 103 cm³/mol. The number of hydrogen-bond acceptors (Lipinski definition) is 5. The van der Waals surface area contributed by atoms with Crippen molar-refractivity contribution in [3.63, 3.8) is 0 Å². The molecule has 0 radical (unpaired) electrons. The van der Waals surface area contributed by atoms with E-state index in [1.165, 1.54) is 11.8 Å². The number of amides is 1. The van der Waals surface area contributed by atoms with Crippen molar-refractivity contribution in [3.8, 4) is 5.75 Å². The minimum absolute atomic E-state index is 0.0404. The molecule has 0 saturated heterocycles. The molecule has 25 heavy (non-hydrogen) atoms. The van der Waals surface area contributed by atoms with E-state index in [1.54, 1.807) is 35.4 Å². The van der Waals surface area contributed by atoms with Gasteiger partial charge in [-0.15, -0.1) is 0 Å². The summed E-state index contributed by atoms with van der Waals surface area (Å²) in [6.07, 6.45) is 7.45. The van der Waals surface area contributed by atoms with Gasteiger partial charge < -0.3 is 15.7 Å². The third-order valence-corrected chi connectivity index (χ3v) is 5.46. The molecule has 2 heterocycles. The number of benzene rings is 1. The number of carbonyl (C=O) groups excluding carboxylic acids is 1. The Kier molecular flexibility index (Phi) is 4.90. The van der Waals surface area contributed by atoms with Crippen LogP contribution in [0.1, 0.15) is 13.8 Å². The molecular weight excluding hydrogens is 334 g/mol. The van der Waals surface area contributed by atoms with Crippen LogP contribution >= 0.6 is 11.8 Å². The van der Waals surface area contributed by atoms with Gasteiger partial charge in [-0.05, 0) is 56.0 Å². The van der Waals surface area contributed by atoms with Gasteiger partial charge in [0.1, 0.15) is 11.1 Å². The lowest BCUT2D eigenvalue weighted by molar-refractivity contribution is -0.113. The van der Waals surface area contributed by atoms with Crippen molar-refractivity contribution < 1.29 is 9.90 Å². The minimum Gasteiger partial charge on any atom is -0.508 e. The quantitative estimate of drug-likeness (QED) is 0.774. The fraction of sp³-hybridized carbons (Fsp3) is 0.211. The summed E-state index contributed by atoms with van der Waals surface area (Å²) in [7, 11) is 1.88. The molecule has 5 nitrogen and oxygen atoms in total. The Labute approximate surface area is 151 Å². The number of dihydropyridines is 1. The summed E-state index contributed by atoms with van der Waals surface area (Å²) in [5.41, 5.74) is 3.84. The van der Waals surface area contributed by atoms with Gasteiger partial charge in [0.25, 0.3) is 5.91 Å². The van der Waals surface area contributed by atoms with E-state index in [0.29, 0.717) is 5.69 Å². The first kappa shape index (κ1) is 17.2. The molecule has 1 atom stereocenters. The highest BCUT2D eigenvalue weighted by atomic mass is 32.2. The molecule has 130 valence electrons. The number of rotatable bonds is 4. The lowest BCUT2D eigenvalue weighted by atomic mass is 10.0. The summed E-state index contributed by atoms with van der Waals surface area (Å²) < 4.78 is 0. The van der Waals surface area contributed by atoms with Crippen LogP contribution in [0.4, 0.5) is 5.69 Å². The van der Waals surface area contributed by atoms with Gasteiger partial charge in [-0.25, -0.2) is 0 Å². The highest BCUT2D eigenvalue weighted by molar-refractivity contribution is 8.05. The lowest BCUT2D eigenvalue weighted by Crippen LogP contribution is -2.28. The van der Waals surface area contributed by atoms with Crippen LogP contribution in [0.2, 0.25) is 0 Å². The van der Waals surface area contributed by atoms with Crippen molar-refractivity contribution in [2.45, 2.75) is 19.2 Å². The Hall–Kier alpha value is -2.60. The number of allylic oxidation sites excluding steroid dienone is 2. The van der Waals surface area contributed by atoms with Gasteiger partial charge in [0.2, 0.25) is 0 Å². The normalized spacial score (nSPS) is 19.2. The molecule has 1 aromatic rings. The Morgan fingerprint density at radius 3 is 2.72 bits per heavy atom. The Morgan fingerprint density at radius 2 is 2.08 bits per heavy atom. The van der Waals surface area contributed by atoms with Crippen LogP contribution < -0.4 is 15.5 Å². The van der Waals surface area contributed by atoms with Gasteiger partial charge in [0.05, 0.1) is 4.91 Å². The van der Waals surface area contributed by atoms with Crippen LogP contribution in [0, 0.1) is 0 Å². The molecule has 0 saturated carbocycles. The zero-order valence-electron chi connectivity index (χ0n) is 14.4. The van der Waals surface area contributed by atoms with E-state index in [2.05, 4.69) is 10.6 Å². The van der Waals surface area contributed by atoms with Gasteiger partial charge in [-0.1, -0.05) is 17.8 Å². The maximum absolute atomic E-state index is 13.2. The Balaban J connectivity index is 1.99. The van der Waals surface area contributed by atoms with Gasteiger partial charge in [-0.3, -0.25) is 9.69 Å². The molecule has 0 aliphatic carbocycles. The van der Waals surface area contributed by atoms with Gasteiger partial charge >= 0.3 is 0 Å². The average Bonchev–Trinajstić information content (AvgIpc) is 2.97. The predicted octanol–water partition coefficient (Wildman–Crippen LogP) is 3.20. The second kappa shape index (κ2) is 7.11. The standard InChI is InChI=1S/C19H21N3O2S/c1-4-11-22(13-5-7-14(23)8-6-13)19(24)17-12(2)16-15(20-3)9-10-21-18(16)25-17/h4-11,18,20-21,23H,1-3H3. The van der Waals surface area contributed by atoms with Crippen molar-refractivity contribution in [1.29, 1.82) is 0 Å². The lowest BCUT2D eigenvalue weighted by Gasteiger charge is -2.21. The second-order valence-electron chi connectivity index (χ2n) is 5.70. The van der Waals surface area contributed by atoms with E-state index >= 15 is 0 Å². The number of carbonyl (C=O) groups is 1. The number of fused-ring (bicyclic) bond motifs is 1. The molecule has 0 bridgehead atoms. The van der Waals surface area contributed by atoms with Crippen LogP contribution in [0.5, 0.6) is 5.75 Å². The summed E-state index contributed by atoms with van der Waals surface area (Å²) in [6, 6.07) is 6.62. The molecular formula is C19H21N3O2S. The molecule has 0 fully saturated rings. The number of phenols is 1. The maximum Gasteiger partial charge on any atom is 0.269 e. The number of hydrogen-bond donors (Lipinski definition) is 3. The van der Waals surface area contributed by atoms with E-state index in [1.807, 2.05) is 39.2 Å². The average molecular weight is 355 g/mol.